The predicted molar refractivity (Wildman–Crippen MR) is 81.9 cm³/mol. The van der Waals surface area contributed by atoms with Gasteiger partial charge in [-0.15, -0.1) is 0 Å². The van der Waals surface area contributed by atoms with E-state index in [1.807, 2.05) is 6.92 Å². The van der Waals surface area contributed by atoms with Crippen LogP contribution in [0.15, 0.2) is 24.3 Å². The molecule has 120 valence electrons. The lowest BCUT2D eigenvalue weighted by Gasteiger charge is -2.08. The van der Waals surface area contributed by atoms with Gasteiger partial charge in [0.25, 0.3) is 0 Å². The zero-order valence-electron chi connectivity index (χ0n) is 12.8. The van der Waals surface area contributed by atoms with E-state index in [0.717, 1.165) is 6.42 Å². The number of rotatable bonds is 9. The summed E-state index contributed by atoms with van der Waals surface area (Å²) in [5.74, 6) is -1.02. The Balaban J connectivity index is 2.32. The summed E-state index contributed by atoms with van der Waals surface area (Å²) < 4.78 is 5.10. The number of amides is 2. The van der Waals surface area contributed by atoms with Gasteiger partial charge in [0, 0.05) is 30.5 Å². The quantitative estimate of drug-likeness (QED) is 0.676. The number of hydrogen-bond donors (Lipinski definition) is 2. The van der Waals surface area contributed by atoms with E-state index in [1.54, 1.807) is 24.3 Å². The maximum Gasteiger partial charge on any atom is 0.306 e. The Morgan fingerprint density at radius 3 is 2.59 bits per heavy atom. The number of primary amides is 1. The molecule has 2 amide bonds. The molecule has 0 bridgehead atoms. The Hall–Kier alpha value is -2.37. The van der Waals surface area contributed by atoms with Gasteiger partial charge in [0.2, 0.25) is 11.8 Å². The van der Waals surface area contributed by atoms with E-state index in [-0.39, 0.29) is 18.9 Å². The molecule has 0 unspecified atom stereocenters. The van der Waals surface area contributed by atoms with Crippen LogP contribution in [0.3, 0.4) is 0 Å². The molecule has 6 nitrogen and oxygen atoms in total. The van der Waals surface area contributed by atoms with Crippen LogP contribution in [0.5, 0.6) is 0 Å². The van der Waals surface area contributed by atoms with Crippen molar-refractivity contribution in [2.45, 2.75) is 39.2 Å². The van der Waals surface area contributed by atoms with E-state index in [2.05, 4.69) is 5.32 Å². The number of nitrogens with two attached hydrogens (primary N) is 1. The monoisotopic (exact) mass is 306 g/mol. The molecule has 0 aliphatic carbocycles. The van der Waals surface area contributed by atoms with Gasteiger partial charge in [-0.25, -0.2) is 0 Å². The molecular formula is C16H22N2O4. The highest BCUT2D eigenvalue weighted by atomic mass is 16.5. The summed E-state index contributed by atoms with van der Waals surface area (Å²) in [4.78, 5) is 34.2. The molecule has 0 aliphatic heterocycles. The second-order valence-electron chi connectivity index (χ2n) is 4.89. The van der Waals surface area contributed by atoms with Crippen molar-refractivity contribution in [3.05, 3.63) is 35.4 Å². The Morgan fingerprint density at radius 1 is 1.18 bits per heavy atom. The number of ether oxygens (including phenoxy) is 1. The predicted octanol–water partition coefficient (Wildman–Crippen LogP) is 1.53. The molecule has 1 aromatic rings. The van der Waals surface area contributed by atoms with E-state index < -0.39 is 11.9 Å². The Labute approximate surface area is 130 Å². The Bertz CT molecular complexity index is 529. The normalized spacial score (nSPS) is 10.0. The molecule has 6 heteroatoms. The highest BCUT2D eigenvalue weighted by Crippen LogP contribution is 2.10. The van der Waals surface area contributed by atoms with Crippen LogP contribution in [0.25, 0.3) is 0 Å². The van der Waals surface area contributed by atoms with Crippen molar-refractivity contribution in [2.24, 2.45) is 5.73 Å². The number of carbonyl (C=O) groups is 3. The lowest BCUT2D eigenvalue weighted by atomic mass is 10.1. The molecule has 0 aromatic heterocycles. The molecule has 0 radical (unpaired) electrons. The summed E-state index contributed by atoms with van der Waals surface area (Å²) in [5.41, 5.74) is 6.17. The largest absolute Gasteiger partial charge is 0.461 e. The van der Waals surface area contributed by atoms with Gasteiger partial charge in [0.15, 0.2) is 0 Å². The van der Waals surface area contributed by atoms with Gasteiger partial charge in [0.1, 0.15) is 6.61 Å². The van der Waals surface area contributed by atoms with Gasteiger partial charge in [-0.2, -0.15) is 0 Å². The van der Waals surface area contributed by atoms with Crippen molar-refractivity contribution in [3.8, 4) is 0 Å². The third-order valence-corrected chi connectivity index (χ3v) is 3.03. The number of esters is 1. The van der Waals surface area contributed by atoms with Crippen LogP contribution in [0.2, 0.25) is 0 Å². The van der Waals surface area contributed by atoms with Crippen LogP contribution in [-0.2, 0) is 20.9 Å². The van der Waals surface area contributed by atoms with E-state index in [4.69, 9.17) is 10.5 Å². The topological polar surface area (TPSA) is 98.5 Å². The molecule has 0 saturated carbocycles. The van der Waals surface area contributed by atoms with Crippen LogP contribution in [0.1, 0.15) is 48.5 Å². The fourth-order valence-electron chi connectivity index (χ4n) is 1.86. The zero-order chi connectivity index (χ0) is 16.4. The van der Waals surface area contributed by atoms with Crippen molar-refractivity contribution in [1.82, 2.24) is 5.32 Å². The van der Waals surface area contributed by atoms with Crippen LogP contribution < -0.4 is 11.1 Å². The second-order valence-corrected chi connectivity index (χ2v) is 4.89. The van der Waals surface area contributed by atoms with Crippen molar-refractivity contribution in [2.75, 3.05) is 6.54 Å². The number of hydrogen-bond acceptors (Lipinski definition) is 4. The van der Waals surface area contributed by atoms with Gasteiger partial charge in [-0.1, -0.05) is 25.1 Å². The first kappa shape index (κ1) is 17.7. The third kappa shape index (κ3) is 6.39. The molecule has 1 aromatic carbocycles. The summed E-state index contributed by atoms with van der Waals surface area (Å²) in [6.07, 6.45) is 1.78. The minimum Gasteiger partial charge on any atom is -0.461 e. The standard InChI is InChI=1S/C16H22N2O4/c1-2-10-18-14(19)8-5-9-15(20)22-11-12-6-3-4-7-13(12)16(17)21/h3-4,6-7H,2,5,8-11H2,1H3,(H2,17,21)(H,18,19). The van der Waals surface area contributed by atoms with Gasteiger partial charge < -0.3 is 15.8 Å². The highest BCUT2D eigenvalue weighted by Gasteiger charge is 2.10. The van der Waals surface area contributed by atoms with E-state index in [0.29, 0.717) is 30.5 Å². The fourth-order valence-corrected chi connectivity index (χ4v) is 1.86. The molecule has 0 fully saturated rings. The Morgan fingerprint density at radius 2 is 1.91 bits per heavy atom. The Kier molecular flexibility index (Phi) is 7.67. The maximum absolute atomic E-state index is 11.6. The molecule has 0 aliphatic rings. The first-order chi connectivity index (χ1) is 10.5. The average molecular weight is 306 g/mol. The van der Waals surface area contributed by atoms with Crippen molar-refractivity contribution < 1.29 is 19.1 Å². The first-order valence-corrected chi connectivity index (χ1v) is 7.34. The number of nitrogens with one attached hydrogen (secondary N) is 1. The van der Waals surface area contributed by atoms with Crippen LogP contribution >= 0.6 is 0 Å². The second kappa shape index (κ2) is 9.55. The summed E-state index contributed by atoms with van der Waals surface area (Å²) in [6.45, 7) is 2.62. The van der Waals surface area contributed by atoms with Crippen LogP contribution in [0, 0.1) is 0 Å². The fraction of sp³-hybridized carbons (Fsp3) is 0.438. The SMILES string of the molecule is CCCNC(=O)CCCC(=O)OCc1ccccc1C(N)=O. The smallest absolute Gasteiger partial charge is 0.306 e. The lowest BCUT2D eigenvalue weighted by Crippen LogP contribution is -2.23. The summed E-state index contributed by atoms with van der Waals surface area (Å²) in [6, 6.07) is 6.71. The molecule has 3 N–H and O–H groups in total. The van der Waals surface area contributed by atoms with Gasteiger partial charge in [-0.05, 0) is 18.9 Å². The minimum atomic E-state index is -0.556. The highest BCUT2D eigenvalue weighted by molar-refractivity contribution is 5.94. The van der Waals surface area contributed by atoms with E-state index in [1.165, 1.54) is 0 Å². The molecule has 0 heterocycles. The molecule has 22 heavy (non-hydrogen) atoms. The number of carbonyl (C=O) groups excluding carboxylic acids is 3. The van der Waals surface area contributed by atoms with E-state index in [9.17, 15) is 14.4 Å². The summed E-state index contributed by atoms with van der Waals surface area (Å²) in [7, 11) is 0. The molecule has 0 spiro atoms. The van der Waals surface area contributed by atoms with Crippen molar-refractivity contribution >= 4 is 17.8 Å². The first-order valence-electron chi connectivity index (χ1n) is 7.34. The minimum absolute atomic E-state index is 0.0000220. The van der Waals surface area contributed by atoms with Crippen molar-refractivity contribution in [3.63, 3.8) is 0 Å². The maximum atomic E-state index is 11.6. The third-order valence-electron chi connectivity index (χ3n) is 3.03. The zero-order valence-corrected chi connectivity index (χ0v) is 12.8. The summed E-state index contributed by atoms with van der Waals surface area (Å²) in [5, 5.41) is 2.74. The lowest BCUT2D eigenvalue weighted by molar-refractivity contribution is -0.145. The number of benzene rings is 1. The molecular weight excluding hydrogens is 284 g/mol. The molecule has 0 atom stereocenters. The van der Waals surface area contributed by atoms with Crippen LogP contribution in [0.4, 0.5) is 0 Å². The van der Waals surface area contributed by atoms with Gasteiger partial charge >= 0.3 is 5.97 Å². The van der Waals surface area contributed by atoms with Gasteiger partial charge in [0.05, 0.1) is 0 Å². The summed E-state index contributed by atoms with van der Waals surface area (Å²) >= 11 is 0. The van der Waals surface area contributed by atoms with Crippen molar-refractivity contribution in [1.29, 1.82) is 0 Å². The molecule has 1 rings (SSSR count). The molecule has 0 saturated heterocycles. The van der Waals surface area contributed by atoms with E-state index >= 15 is 0 Å². The average Bonchev–Trinajstić information content (AvgIpc) is 2.51. The van der Waals surface area contributed by atoms with Gasteiger partial charge in [-0.3, -0.25) is 14.4 Å². The van der Waals surface area contributed by atoms with Crippen LogP contribution in [-0.4, -0.2) is 24.3 Å².